The van der Waals surface area contributed by atoms with E-state index in [4.69, 9.17) is 0 Å². The number of fused-ring (bicyclic) bond motifs is 1. The predicted molar refractivity (Wildman–Crippen MR) is 72.6 cm³/mol. The Labute approximate surface area is 120 Å². The molecular weight excluding hydrogens is 272 g/mol. The van der Waals surface area contributed by atoms with Gasteiger partial charge in [-0.25, -0.2) is 9.78 Å². The second-order valence-corrected chi connectivity index (χ2v) is 4.99. The molecule has 2 N–H and O–H groups in total. The van der Waals surface area contributed by atoms with E-state index in [1.165, 1.54) is 17.4 Å². The van der Waals surface area contributed by atoms with E-state index in [-0.39, 0.29) is 24.6 Å². The molecule has 1 unspecified atom stereocenters. The van der Waals surface area contributed by atoms with Crippen molar-refractivity contribution in [1.29, 1.82) is 0 Å². The lowest BCUT2D eigenvalue weighted by atomic mass is 10.0. The van der Waals surface area contributed by atoms with Gasteiger partial charge in [0.05, 0.1) is 24.3 Å². The standard InChI is InChI=1S/C14H14N4O3/c1-8-3-2-4-15-12(8)13(19)18-6-10-9(16-7-17-10)5-11(18)14(20)21/h2-4,7,11H,5-6H2,1H3,(H,16,17)(H,20,21). The number of carbonyl (C=O) groups is 2. The summed E-state index contributed by atoms with van der Waals surface area (Å²) in [6.07, 6.45) is 3.25. The fraction of sp³-hybridized carbons (Fsp3) is 0.286. The van der Waals surface area contributed by atoms with Gasteiger partial charge in [-0.15, -0.1) is 0 Å². The van der Waals surface area contributed by atoms with E-state index in [1.54, 1.807) is 19.1 Å². The van der Waals surface area contributed by atoms with Gasteiger partial charge in [-0.3, -0.25) is 9.78 Å². The van der Waals surface area contributed by atoms with Gasteiger partial charge in [-0.2, -0.15) is 0 Å². The van der Waals surface area contributed by atoms with Crippen molar-refractivity contribution in [2.75, 3.05) is 0 Å². The van der Waals surface area contributed by atoms with Gasteiger partial charge in [-0.1, -0.05) is 6.07 Å². The van der Waals surface area contributed by atoms with Crippen LogP contribution >= 0.6 is 0 Å². The highest BCUT2D eigenvalue weighted by Crippen LogP contribution is 2.23. The first-order chi connectivity index (χ1) is 10.1. The van der Waals surface area contributed by atoms with Crippen molar-refractivity contribution in [2.24, 2.45) is 0 Å². The fourth-order valence-electron chi connectivity index (χ4n) is 2.52. The summed E-state index contributed by atoms with van der Waals surface area (Å²) in [5.41, 5.74) is 2.48. The Balaban J connectivity index is 1.98. The van der Waals surface area contributed by atoms with Crippen molar-refractivity contribution in [1.82, 2.24) is 19.9 Å². The molecule has 0 spiro atoms. The van der Waals surface area contributed by atoms with Crippen LogP contribution in [0.25, 0.3) is 0 Å². The van der Waals surface area contributed by atoms with E-state index in [9.17, 15) is 14.7 Å². The maximum Gasteiger partial charge on any atom is 0.326 e. The summed E-state index contributed by atoms with van der Waals surface area (Å²) in [5.74, 6) is -1.41. The largest absolute Gasteiger partial charge is 0.480 e. The smallest absolute Gasteiger partial charge is 0.326 e. The van der Waals surface area contributed by atoms with Crippen LogP contribution in [0.4, 0.5) is 0 Å². The highest BCUT2D eigenvalue weighted by molar-refractivity contribution is 5.96. The highest BCUT2D eigenvalue weighted by Gasteiger charge is 2.37. The van der Waals surface area contributed by atoms with Gasteiger partial charge >= 0.3 is 5.97 Å². The van der Waals surface area contributed by atoms with Gasteiger partial charge in [0.1, 0.15) is 11.7 Å². The zero-order valence-electron chi connectivity index (χ0n) is 11.4. The molecule has 2 aromatic rings. The number of carboxylic acids is 1. The monoisotopic (exact) mass is 286 g/mol. The van der Waals surface area contributed by atoms with E-state index in [0.29, 0.717) is 5.69 Å². The van der Waals surface area contributed by atoms with Crippen LogP contribution in [0.5, 0.6) is 0 Å². The Morgan fingerprint density at radius 2 is 2.24 bits per heavy atom. The molecule has 0 fully saturated rings. The maximum atomic E-state index is 12.6. The molecule has 0 aromatic carbocycles. The molecule has 108 valence electrons. The summed E-state index contributed by atoms with van der Waals surface area (Å²) >= 11 is 0. The summed E-state index contributed by atoms with van der Waals surface area (Å²) in [4.78, 5) is 36.6. The minimum absolute atomic E-state index is 0.196. The van der Waals surface area contributed by atoms with Gasteiger partial charge in [-0.05, 0) is 18.6 Å². The number of H-pyrrole nitrogens is 1. The number of aliphatic carboxylic acids is 1. The zero-order valence-corrected chi connectivity index (χ0v) is 11.4. The number of aromatic nitrogens is 3. The van der Waals surface area contributed by atoms with Crippen LogP contribution in [0.2, 0.25) is 0 Å². The number of nitrogens with one attached hydrogen (secondary N) is 1. The van der Waals surface area contributed by atoms with E-state index in [0.717, 1.165) is 11.3 Å². The van der Waals surface area contributed by atoms with Crippen molar-refractivity contribution in [3.63, 3.8) is 0 Å². The molecule has 3 rings (SSSR count). The fourth-order valence-corrected chi connectivity index (χ4v) is 2.52. The third-order valence-corrected chi connectivity index (χ3v) is 3.66. The Morgan fingerprint density at radius 1 is 1.43 bits per heavy atom. The molecule has 1 aliphatic heterocycles. The van der Waals surface area contributed by atoms with Crippen molar-refractivity contribution in [2.45, 2.75) is 25.9 Å². The summed E-state index contributed by atoms with van der Waals surface area (Å²) in [5, 5.41) is 9.38. The molecule has 7 nitrogen and oxygen atoms in total. The number of carboxylic acid groups (broad SMARTS) is 1. The number of aryl methyl sites for hydroxylation is 1. The van der Waals surface area contributed by atoms with Crippen molar-refractivity contribution < 1.29 is 14.7 Å². The molecule has 0 radical (unpaired) electrons. The Morgan fingerprint density at radius 3 is 2.95 bits per heavy atom. The van der Waals surface area contributed by atoms with Crippen molar-refractivity contribution in [3.8, 4) is 0 Å². The lowest BCUT2D eigenvalue weighted by Crippen LogP contribution is -2.49. The molecule has 0 bridgehead atoms. The normalized spacial score (nSPS) is 17.4. The predicted octanol–water partition coefficient (Wildman–Crippen LogP) is 0.765. The van der Waals surface area contributed by atoms with Crippen molar-refractivity contribution >= 4 is 11.9 Å². The zero-order chi connectivity index (χ0) is 15.0. The average molecular weight is 286 g/mol. The van der Waals surface area contributed by atoms with Crippen LogP contribution in [0, 0.1) is 6.92 Å². The minimum Gasteiger partial charge on any atom is -0.480 e. The number of rotatable bonds is 2. The first-order valence-corrected chi connectivity index (χ1v) is 6.54. The molecule has 1 aliphatic rings. The van der Waals surface area contributed by atoms with Gasteiger partial charge in [0, 0.05) is 12.6 Å². The first-order valence-electron chi connectivity index (χ1n) is 6.54. The van der Waals surface area contributed by atoms with E-state index in [2.05, 4.69) is 15.0 Å². The summed E-state index contributed by atoms with van der Waals surface area (Å²) < 4.78 is 0. The number of pyridine rings is 1. The molecule has 1 amide bonds. The Kier molecular flexibility index (Phi) is 3.17. The first kappa shape index (κ1) is 13.3. The molecule has 2 aromatic heterocycles. The number of hydrogen-bond acceptors (Lipinski definition) is 4. The number of amides is 1. The topological polar surface area (TPSA) is 99.2 Å². The van der Waals surface area contributed by atoms with E-state index < -0.39 is 12.0 Å². The lowest BCUT2D eigenvalue weighted by molar-refractivity contribution is -0.142. The number of carbonyl (C=O) groups excluding carboxylic acids is 1. The molecule has 0 saturated carbocycles. The van der Waals surface area contributed by atoms with Crippen LogP contribution in [-0.2, 0) is 17.8 Å². The number of imidazole rings is 1. The highest BCUT2D eigenvalue weighted by atomic mass is 16.4. The van der Waals surface area contributed by atoms with Gasteiger partial charge in [0.15, 0.2) is 0 Å². The molecule has 0 saturated heterocycles. The van der Waals surface area contributed by atoms with Crippen LogP contribution in [0.15, 0.2) is 24.7 Å². The molecule has 1 atom stereocenters. The SMILES string of the molecule is Cc1cccnc1C(=O)N1Cc2[nH]cnc2CC1C(=O)O. The molecule has 7 heteroatoms. The molecular formula is C14H14N4O3. The van der Waals surface area contributed by atoms with Gasteiger partial charge in [0.2, 0.25) is 0 Å². The maximum absolute atomic E-state index is 12.6. The third-order valence-electron chi connectivity index (χ3n) is 3.66. The number of hydrogen-bond donors (Lipinski definition) is 2. The summed E-state index contributed by atoms with van der Waals surface area (Å²) in [6.45, 7) is 1.97. The van der Waals surface area contributed by atoms with Gasteiger partial charge < -0.3 is 15.0 Å². The van der Waals surface area contributed by atoms with E-state index in [1.807, 2.05) is 0 Å². The summed E-state index contributed by atoms with van der Waals surface area (Å²) in [6, 6.07) is 2.60. The molecule has 3 heterocycles. The van der Waals surface area contributed by atoms with Crippen LogP contribution < -0.4 is 0 Å². The number of aromatic amines is 1. The van der Waals surface area contributed by atoms with Crippen LogP contribution in [-0.4, -0.2) is 42.9 Å². The Bertz CT molecular complexity index is 710. The van der Waals surface area contributed by atoms with Crippen LogP contribution in [0.3, 0.4) is 0 Å². The second-order valence-electron chi connectivity index (χ2n) is 4.99. The minimum atomic E-state index is -1.04. The Hall–Kier alpha value is -2.70. The quantitative estimate of drug-likeness (QED) is 0.849. The van der Waals surface area contributed by atoms with Gasteiger partial charge in [0.25, 0.3) is 5.91 Å². The van der Waals surface area contributed by atoms with Crippen LogP contribution in [0.1, 0.15) is 27.4 Å². The molecule has 0 aliphatic carbocycles. The third kappa shape index (κ3) is 2.26. The average Bonchev–Trinajstić information content (AvgIpc) is 2.93. The summed E-state index contributed by atoms with van der Waals surface area (Å²) in [7, 11) is 0. The lowest BCUT2D eigenvalue weighted by Gasteiger charge is -2.32. The second kappa shape index (κ2) is 5.01. The molecule has 21 heavy (non-hydrogen) atoms. The van der Waals surface area contributed by atoms with Crippen molar-refractivity contribution in [3.05, 3.63) is 47.3 Å². The van der Waals surface area contributed by atoms with E-state index >= 15 is 0 Å². The number of nitrogens with zero attached hydrogens (tertiary/aromatic N) is 3.